The lowest BCUT2D eigenvalue weighted by atomic mass is 9.89. The third kappa shape index (κ3) is 2.94. The zero-order chi connectivity index (χ0) is 19.7. The zero-order valence-corrected chi connectivity index (χ0v) is 15.9. The third-order valence-electron chi connectivity index (χ3n) is 4.90. The van der Waals surface area contributed by atoms with Crippen LogP contribution in [0.15, 0.2) is 48.8 Å². The molecule has 3 aromatic rings. The number of rotatable bonds is 5. The number of carbonyl (C=O) groups is 1. The van der Waals surface area contributed by atoms with Gasteiger partial charge >= 0.3 is 0 Å². The van der Waals surface area contributed by atoms with Gasteiger partial charge in [0.25, 0.3) is 0 Å². The highest BCUT2D eigenvalue weighted by atomic mass is 16.5. The fourth-order valence-corrected chi connectivity index (χ4v) is 3.57. The molecule has 28 heavy (non-hydrogen) atoms. The van der Waals surface area contributed by atoms with E-state index in [4.69, 9.17) is 14.2 Å². The highest BCUT2D eigenvalue weighted by Crippen LogP contribution is 2.44. The quantitative estimate of drug-likeness (QED) is 0.736. The lowest BCUT2D eigenvalue weighted by molar-refractivity contribution is -0.116. The molecule has 7 heteroatoms. The van der Waals surface area contributed by atoms with Gasteiger partial charge < -0.3 is 19.5 Å². The predicted octanol–water partition coefficient (Wildman–Crippen LogP) is 3.37. The van der Waals surface area contributed by atoms with Crippen molar-refractivity contribution in [2.24, 2.45) is 0 Å². The summed E-state index contributed by atoms with van der Waals surface area (Å²) in [5, 5.41) is 2.96. The van der Waals surface area contributed by atoms with Crippen molar-refractivity contribution in [2.75, 3.05) is 26.6 Å². The van der Waals surface area contributed by atoms with Crippen LogP contribution in [-0.4, -0.2) is 36.8 Å². The summed E-state index contributed by atoms with van der Waals surface area (Å²) in [5.41, 5.74) is 2.61. The molecular weight excluding hydrogens is 358 g/mol. The Morgan fingerprint density at radius 3 is 2.32 bits per heavy atom. The van der Waals surface area contributed by atoms with E-state index in [1.165, 1.54) is 0 Å². The SMILES string of the molecule is COc1cc([C@@H]2CC(=O)Nc3c2ncn3-c2ccccc2)cc(OC)c1OC. The van der Waals surface area contributed by atoms with Crippen LogP contribution in [0.5, 0.6) is 17.2 Å². The zero-order valence-electron chi connectivity index (χ0n) is 15.9. The summed E-state index contributed by atoms with van der Waals surface area (Å²) >= 11 is 0. The van der Waals surface area contributed by atoms with Crippen LogP contribution >= 0.6 is 0 Å². The highest BCUT2D eigenvalue weighted by molar-refractivity contribution is 5.94. The number of benzene rings is 2. The molecule has 1 aliphatic heterocycles. The Hall–Kier alpha value is -3.48. The number of anilines is 1. The minimum Gasteiger partial charge on any atom is -0.493 e. The van der Waals surface area contributed by atoms with Crippen LogP contribution in [0.2, 0.25) is 0 Å². The molecule has 0 saturated heterocycles. The second kappa shape index (κ2) is 7.26. The van der Waals surface area contributed by atoms with Crippen LogP contribution < -0.4 is 19.5 Å². The number of imidazole rings is 1. The number of hydrogen-bond acceptors (Lipinski definition) is 5. The summed E-state index contributed by atoms with van der Waals surface area (Å²) in [5.74, 6) is 2.01. The smallest absolute Gasteiger partial charge is 0.226 e. The molecule has 2 aromatic carbocycles. The Labute approximate surface area is 162 Å². The van der Waals surface area contributed by atoms with Gasteiger partial charge in [0.15, 0.2) is 11.5 Å². The van der Waals surface area contributed by atoms with Crippen molar-refractivity contribution in [3.05, 3.63) is 60.0 Å². The van der Waals surface area contributed by atoms with E-state index in [0.29, 0.717) is 23.1 Å². The maximum absolute atomic E-state index is 12.5. The number of fused-ring (bicyclic) bond motifs is 1. The molecule has 0 fully saturated rings. The number of para-hydroxylation sites is 1. The summed E-state index contributed by atoms with van der Waals surface area (Å²) in [4.78, 5) is 17.1. The van der Waals surface area contributed by atoms with Gasteiger partial charge in [0.1, 0.15) is 12.1 Å². The molecule has 7 nitrogen and oxygen atoms in total. The number of ether oxygens (including phenoxy) is 3. The average Bonchev–Trinajstić information content (AvgIpc) is 3.16. The van der Waals surface area contributed by atoms with Crippen molar-refractivity contribution in [3.8, 4) is 22.9 Å². The van der Waals surface area contributed by atoms with Gasteiger partial charge in [-0.25, -0.2) is 4.98 Å². The first-order valence-electron chi connectivity index (χ1n) is 8.88. The Morgan fingerprint density at radius 2 is 1.71 bits per heavy atom. The van der Waals surface area contributed by atoms with Gasteiger partial charge in [-0.05, 0) is 29.8 Å². The predicted molar refractivity (Wildman–Crippen MR) is 105 cm³/mol. The van der Waals surface area contributed by atoms with Crippen molar-refractivity contribution in [1.82, 2.24) is 9.55 Å². The first kappa shape index (κ1) is 17.9. The van der Waals surface area contributed by atoms with E-state index in [1.807, 2.05) is 47.0 Å². The van der Waals surface area contributed by atoms with E-state index >= 15 is 0 Å². The lowest BCUT2D eigenvalue weighted by Crippen LogP contribution is -2.25. The van der Waals surface area contributed by atoms with Crippen LogP contribution in [0.3, 0.4) is 0 Å². The van der Waals surface area contributed by atoms with Crippen LogP contribution in [-0.2, 0) is 4.79 Å². The monoisotopic (exact) mass is 379 g/mol. The number of hydrogen-bond donors (Lipinski definition) is 1. The van der Waals surface area contributed by atoms with E-state index in [0.717, 1.165) is 16.9 Å². The van der Waals surface area contributed by atoms with Crippen LogP contribution in [0.1, 0.15) is 23.6 Å². The third-order valence-corrected chi connectivity index (χ3v) is 4.90. The largest absolute Gasteiger partial charge is 0.493 e. The summed E-state index contributed by atoms with van der Waals surface area (Å²) < 4.78 is 18.2. The number of aromatic nitrogens is 2. The molecule has 0 saturated carbocycles. The maximum atomic E-state index is 12.5. The fourth-order valence-electron chi connectivity index (χ4n) is 3.57. The van der Waals surface area contributed by atoms with E-state index in [2.05, 4.69) is 10.3 Å². The Kier molecular flexibility index (Phi) is 4.65. The molecule has 144 valence electrons. The molecule has 1 N–H and O–H groups in total. The molecule has 0 radical (unpaired) electrons. The molecule has 1 aliphatic rings. The van der Waals surface area contributed by atoms with Crippen molar-refractivity contribution in [1.29, 1.82) is 0 Å². The minimum atomic E-state index is -0.220. The number of nitrogens with zero attached hydrogens (tertiary/aromatic N) is 2. The van der Waals surface area contributed by atoms with Gasteiger partial charge in [0.2, 0.25) is 11.7 Å². The van der Waals surface area contributed by atoms with Crippen molar-refractivity contribution < 1.29 is 19.0 Å². The van der Waals surface area contributed by atoms with Gasteiger partial charge in [0.05, 0.1) is 27.0 Å². The number of nitrogens with one attached hydrogen (secondary N) is 1. The second-order valence-electron chi connectivity index (χ2n) is 6.45. The minimum absolute atomic E-state index is 0.0658. The molecule has 1 atom stereocenters. The molecular formula is C21H21N3O4. The fraction of sp³-hybridized carbons (Fsp3) is 0.238. The first-order valence-corrected chi connectivity index (χ1v) is 8.88. The van der Waals surface area contributed by atoms with Crippen molar-refractivity contribution >= 4 is 11.7 Å². The molecule has 4 rings (SSSR count). The maximum Gasteiger partial charge on any atom is 0.226 e. The second-order valence-corrected chi connectivity index (χ2v) is 6.45. The summed E-state index contributed by atoms with van der Waals surface area (Å²) in [6.07, 6.45) is 2.02. The van der Waals surface area contributed by atoms with Gasteiger partial charge in [0, 0.05) is 18.0 Å². The molecule has 0 bridgehead atoms. The average molecular weight is 379 g/mol. The van der Waals surface area contributed by atoms with Gasteiger partial charge in [-0.3, -0.25) is 9.36 Å². The molecule has 1 amide bonds. The van der Waals surface area contributed by atoms with Gasteiger partial charge in [-0.15, -0.1) is 0 Å². The molecule has 2 heterocycles. The van der Waals surface area contributed by atoms with Crippen molar-refractivity contribution in [3.63, 3.8) is 0 Å². The van der Waals surface area contributed by atoms with Crippen LogP contribution in [0.4, 0.5) is 5.82 Å². The lowest BCUT2D eigenvalue weighted by Gasteiger charge is -2.24. The Balaban J connectivity index is 1.83. The summed E-state index contributed by atoms with van der Waals surface area (Å²) in [7, 11) is 4.71. The van der Waals surface area contributed by atoms with E-state index in [-0.39, 0.29) is 18.2 Å². The number of amides is 1. The van der Waals surface area contributed by atoms with Gasteiger partial charge in [-0.1, -0.05) is 18.2 Å². The van der Waals surface area contributed by atoms with E-state index < -0.39 is 0 Å². The first-order chi connectivity index (χ1) is 13.7. The van der Waals surface area contributed by atoms with E-state index in [1.54, 1.807) is 27.7 Å². The molecule has 0 unspecified atom stereocenters. The standard InChI is InChI=1S/C21H21N3O4/c1-26-16-9-13(10-17(27-2)20(16)28-3)15-11-18(25)23-21-19(15)22-12-24(21)14-7-5-4-6-8-14/h4-10,12,15H,11H2,1-3H3,(H,23,25)/t15-/m0/s1. The molecule has 1 aromatic heterocycles. The van der Waals surface area contributed by atoms with Crippen LogP contribution in [0.25, 0.3) is 5.69 Å². The summed E-state index contributed by atoms with van der Waals surface area (Å²) in [6.45, 7) is 0. The topological polar surface area (TPSA) is 74.6 Å². The number of carbonyl (C=O) groups excluding carboxylic acids is 1. The number of methoxy groups -OCH3 is 3. The van der Waals surface area contributed by atoms with Gasteiger partial charge in [-0.2, -0.15) is 0 Å². The summed E-state index contributed by atoms with van der Waals surface area (Å²) in [6, 6.07) is 13.5. The van der Waals surface area contributed by atoms with E-state index in [9.17, 15) is 4.79 Å². The molecule has 0 aliphatic carbocycles. The molecule has 0 spiro atoms. The Morgan fingerprint density at radius 1 is 1.04 bits per heavy atom. The van der Waals surface area contributed by atoms with Crippen LogP contribution in [0, 0.1) is 0 Å². The highest BCUT2D eigenvalue weighted by Gasteiger charge is 2.32. The van der Waals surface area contributed by atoms with Crippen molar-refractivity contribution in [2.45, 2.75) is 12.3 Å². The normalized spacial score (nSPS) is 15.5. The Bertz CT molecular complexity index is 989.